The van der Waals surface area contributed by atoms with Gasteiger partial charge in [-0.1, -0.05) is 37.5 Å². The summed E-state index contributed by atoms with van der Waals surface area (Å²) in [4.78, 5) is 26.5. The van der Waals surface area contributed by atoms with Crippen LogP contribution in [-0.4, -0.2) is 22.9 Å². The molecule has 0 radical (unpaired) electrons. The maximum absolute atomic E-state index is 13.0. The standard InChI is InChI=1S/C23H22BrFN2O3/c24-19-12-16(8-11-21(19)30-14-15-6-9-17(25)10-7-15)13-20-22(28)27(23(29)26-20)18-4-2-1-3-5-18/h6-13,18H,1-5,14H2,(H,26,29)/b20-13-. The van der Waals surface area contributed by atoms with Gasteiger partial charge in [0.15, 0.2) is 0 Å². The Morgan fingerprint density at radius 3 is 2.53 bits per heavy atom. The molecular formula is C23H22BrFN2O3. The fourth-order valence-corrected chi connectivity index (χ4v) is 4.36. The van der Waals surface area contributed by atoms with Gasteiger partial charge in [-0.25, -0.2) is 9.18 Å². The van der Waals surface area contributed by atoms with Gasteiger partial charge in [0, 0.05) is 6.04 Å². The van der Waals surface area contributed by atoms with Crippen LogP contribution in [0, 0.1) is 5.82 Å². The van der Waals surface area contributed by atoms with Gasteiger partial charge < -0.3 is 10.1 Å². The quantitative estimate of drug-likeness (QED) is 0.468. The van der Waals surface area contributed by atoms with Crippen LogP contribution in [0.2, 0.25) is 0 Å². The van der Waals surface area contributed by atoms with E-state index in [1.807, 2.05) is 12.1 Å². The number of hydrogen-bond donors (Lipinski definition) is 1. The minimum atomic E-state index is -0.337. The third-order valence-electron chi connectivity index (χ3n) is 5.42. The Kier molecular flexibility index (Phi) is 6.18. The summed E-state index contributed by atoms with van der Waals surface area (Å²) < 4.78 is 19.5. The maximum atomic E-state index is 13.0. The van der Waals surface area contributed by atoms with Crippen molar-refractivity contribution < 1.29 is 18.7 Å². The second-order valence-electron chi connectivity index (χ2n) is 7.56. The zero-order valence-corrected chi connectivity index (χ0v) is 18.0. The van der Waals surface area contributed by atoms with Crippen LogP contribution in [0.3, 0.4) is 0 Å². The molecule has 1 aliphatic carbocycles. The van der Waals surface area contributed by atoms with Gasteiger partial charge in [0.25, 0.3) is 5.91 Å². The molecule has 2 aliphatic rings. The lowest BCUT2D eigenvalue weighted by molar-refractivity contribution is -0.124. The third kappa shape index (κ3) is 4.56. The molecule has 1 saturated heterocycles. The van der Waals surface area contributed by atoms with Crippen molar-refractivity contribution in [3.8, 4) is 5.75 Å². The lowest BCUT2D eigenvalue weighted by atomic mass is 9.94. The number of hydrogen-bond acceptors (Lipinski definition) is 3. The molecule has 2 aromatic carbocycles. The molecule has 0 aromatic heterocycles. The summed E-state index contributed by atoms with van der Waals surface area (Å²) in [6, 6.07) is 11.2. The Morgan fingerprint density at radius 2 is 1.83 bits per heavy atom. The van der Waals surface area contributed by atoms with Crippen molar-refractivity contribution in [1.82, 2.24) is 10.2 Å². The summed E-state index contributed by atoms with van der Waals surface area (Å²) in [7, 11) is 0. The van der Waals surface area contributed by atoms with Crippen LogP contribution < -0.4 is 10.1 Å². The molecule has 30 heavy (non-hydrogen) atoms. The molecule has 7 heteroatoms. The van der Waals surface area contributed by atoms with E-state index in [0.717, 1.165) is 47.7 Å². The smallest absolute Gasteiger partial charge is 0.329 e. The van der Waals surface area contributed by atoms with Crippen LogP contribution in [0.4, 0.5) is 9.18 Å². The molecule has 2 fully saturated rings. The van der Waals surface area contributed by atoms with Crippen molar-refractivity contribution in [3.05, 3.63) is 69.6 Å². The molecule has 4 rings (SSSR count). The van der Waals surface area contributed by atoms with Crippen molar-refractivity contribution in [2.75, 3.05) is 0 Å². The van der Waals surface area contributed by atoms with Gasteiger partial charge in [0.05, 0.1) is 4.47 Å². The van der Waals surface area contributed by atoms with Crippen LogP contribution in [0.25, 0.3) is 6.08 Å². The zero-order chi connectivity index (χ0) is 21.1. The minimum absolute atomic E-state index is 0.00822. The third-order valence-corrected chi connectivity index (χ3v) is 6.04. The van der Waals surface area contributed by atoms with E-state index in [9.17, 15) is 14.0 Å². The molecule has 0 bridgehead atoms. The summed E-state index contributed by atoms with van der Waals surface area (Å²) in [5, 5.41) is 2.71. The van der Waals surface area contributed by atoms with Crippen molar-refractivity contribution >= 4 is 33.9 Å². The van der Waals surface area contributed by atoms with Gasteiger partial charge in [0.2, 0.25) is 0 Å². The SMILES string of the molecule is O=C1N/C(=C\c2ccc(OCc3ccc(F)cc3)c(Br)c2)C(=O)N1C1CCCCC1. The monoisotopic (exact) mass is 472 g/mol. The lowest BCUT2D eigenvalue weighted by Crippen LogP contribution is -2.41. The van der Waals surface area contributed by atoms with Crippen molar-refractivity contribution in [2.45, 2.75) is 44.8 Å². The summed E-state index contributed by atoms with van der Waals surface area (Å²) in [6.45, 7) is 0.310. The number of ether oxygens (including phenoxy) is 1. The van der Waals surface area contributed by atoms with Crippen LogP contribution in [0.5, 0.6) is 5.75 Å². The first-order chi connectivity index (χ1) is 14.5. The molecule has 1 saturated carbocycles. The summed E-state index contributed by atoms with van der Waals surface area (Å²) in [5.41, 5.74) is 1.92. The Morgan fingerprint density at radius 1 is 1.10 bits per heavy atom. The molecule has 3 amide bonds. The van der Waals surface area contributed by atoms with Crippen molar-refractivity contribution in [1.29, 1.82) is 0 Å². The number of amides is 3. The van der Waals surface area contributed by atoms with E-state index >= 15 is 0 Å². The van der Waals surface area contributed by atoms with Crippen LogP contribution in [-0.2, 0) is 11.4 Å². The molecule has 0 spiro atoms. The maximum Gasteiger partial charge on any atom is 0.329 e. The summed E-state index contributed by atoms with van der Waals surface area (Å²) in [5.74, 6) is 0.0830. The topological polar surface area (TPSA) is 58.6 Å². The number of urea groups is 1. The van der Waals surface area contributed by atoms with Gasteiger partial charge >= 0.3 is 6.03 Å². The normalized spacial score (nSPS) is 18.7. The Labute approximate surface area is 183 Å². The molecular weight excluding hydrogens is 451 g/mol. The molecule has 156 valence electrons. The van der Waals surface area contributed by atoms with E-state index in [4.69, 9.17) is 4.74 Å². The molecule has 1 aliphatic heterocycles. The van der Waals surface area contributed by atoms with E-state index < -0.39 is 0 Å². The van der Waals surface area contributed by atoms with Gasteiger partial charge in [-0.15, -0.1) is 0 Å². The average molecular weight is 473 g/mol. The second kappa shape index (κ2) is 9.00. The molecule has 5 nitrogen and oxygen atoms in total. The first-order valence-corrected chi connectivity index (χ1v) is 10.8. The molecule has 0 atom stereocenters. The van der Waals surface area contributed by atoms with Crippen LogP contribution >= 0.6 is 15.9 Å². The Balaban J connectivity index is 1.44. The van der Waals surface area contributed by atoms with Gasteiger partial charge in [-0.05, 0) is 70.2 Å². The predicted molar refractivity (Wildman–Crippen MR) is 115 cm³/mol. The van der Waals surface area contributed by atoms with E-state index in [-0.39, 0.29) is 29.5 Å². The highest BCUT2D eigenvalue weighted by molar-refractivity contribution is 9.10. The molecule has 1 N–H and O–H groups in total. The highest BCUT2D eigenvalue weighted by Gasteiger charge is 2.38. The molecule has 0 unspecified atom stereocenters. The van der Waals surface area contributed by atoms with E-state index in [2.05, 4.69) is 21.2 Å². The summed E-state index contributed by atoms with van der Waals surface area (Å²) in [6.07, 6.45) is 6.68. The first kappa shape index (κ1) is 20.6. The number of benzene rings is 2. The van der Waals surface area contributed by atoms with Crippen LogP contribution in [0.1, 0.15) is 43.2 Å². The van der Waals surface area contributed by atoms with Crippen molar-refractivity contribution in [3.63, 3.8) is 0 Å². The Bertz CT molecular complexity index is 984. The predicted octanol–water partition coefficient (Wildman–Crippen LogP) is 5.39. The molecule has 2 aromatic rings. The van der Waals surface area contributed by atoms with Crippen molar-refractivity contribution in [2.24, 2.45) is 0 Å². The number of rotatable bonds is 5. The summed E-state index contributed by atoms with van der Waals surface area (Å²) >= 11 is 3.49. The fourth-order valence-electron chi connectivity index (χ4n) is 3.85. The zero-order valence-electron chi connectivity index (χ0n) is 16.4. The van der Waals surface area contributed by atoms with E-state index in [1.54, 1.807) is 24.3 Å². The largest absolute Gasteiger partial charge is 0.488 e. The van der Waals surface area contributed by atoms with Crippen LogP contribution in [0.15, 0.2) is 52.6 Å². The number of nitrogens with one attached hydrogen (secondary N) is 1. The van der Waals surface area contributed by atoms with E-state index in [0.29, 0.717) is 12.4 Å². The van der Waals surface area contributed by atoms with E-state index in [1.165, 1.54) is 17.0 Å². The first-order valence-electron chi connectivity index (χ1n) is 10.0. The number of imide groups is 1. The Hall–Kier alpha value is -2.67. The van der Waals surface area contributed by atoms with Gasteiger partial charge in [0.1, 0.15) is 23.9 Å². The number of carbonyl (C=O) groups excluding carboxylic acids is 2. The number of carbonyl (C=O) groups is 2. The second-order valence-corrected chi connectivity index (χ2v) is 8.41. The number of halogens is 2. The minimum Gasteiger partial charge on any atom is -0.488 e. The van der Waals surface area contributed by atoms with Gasteiger partial charge in [-0.2, -0.15) is 0 Å². The molecule has 1 heterocycles. The fraction of sp³-hybridized carbons (Fsp3) is 0.304. The highest BCUT2D eigenvalue weighted by atomic mass is 79.9. The number of nitrogens with zero attached hydrogens (tertiary/aromatic N) is 1. The van der Waals surface area contributed by atoms with Gasteiger partial charge in [-0.3, -0.25) is 9.69 Å². The highest BCUT2D eigenvalue weighted by Crippen LogP contribution is 2.30. The average Bonchev–Trinajstić information content (AvgIpc) is 3.02. The lowest BCUT2D eigenvalue weighted by Gasteiger charge is -2.28.